The lowest BCUT2D eigenvalue weighted by molar-refractivity contribution is 0.617. The molecule has 0 radical (unpaired) electrons. The van der Waals surface area contributed by atoms with Crippen LogP contribution in [0.5, 0.6) is 0 Å². The van der Waals surface area contributed by atoms with Crippen LogP contribution in [0.25, 0.3) is 0 Å². The van der Waals surface area contributed by atoms with E-state index in [2.05, 4.69) is 26.6 Å². The van der Waals surface area contributed by atoms with E-state index in [-0.39, 0.29) is 5.82 Å². The lowest BCUT2D eigenvalue weighted by Crippen LogP contribution is -2.29. The van der Waals surface area contributed by atoms with Crippen LogP contribution in [-0.4, -0.2) is 17.4 Å². The van der Waals surface area contributed by atoms with Crippen LogP contribution in [-0.2, 0) is 5.75 Å². The van der Waals surface area contributed by atoms with Crippen LogP contribution >= 0.6 is 39.9 Å². The zero-order valence-corrected chi connectivity index (χ0v) is 16.7. The molecule has 0 spiro atoms. The Morgan fingerprint density at radius 1 is 1.25 bits per heavy atom. The van der Waals surface area contributed by atoms with E-state index in [4.69, 9.17) is 12.2 Å². The van der Waals surface area contributed by atoms with E-state index in [0.717, 1.165) is 40.0 Å². The molecular weight excluding hydrogens is 407 g/mol. The molecule has 24 heavy (non-hydrogen) atoms. The summed E-state index contributed by atoms with van der Waals surface area (Å²) in [5.74, 6) is 1.54. The zero-order chi connectivity index (χ0) is 17.4. The third kappa shape index (κ3) is 6.42. The molecule has 0 unspecified atom stereocenters. The first-order valence-electron chi connectivity index (χ1n) is 7.68. The summed E-state index contributed by atoms with van der Waals surface area (Å²) >= 11 is 10.5. The average molecular weight is 427 g/mol. The summed E-state index contributed by atoms with van der Waals surface area (Å²) in [5, 5.41) is 6.99. The number of benzene rings is 2. The van der Waals surface area contributed by atoms with Gasteiger partial charge in [-0.05, 0) is 66.7 Å². The van der Waals surface area contributed by atoms with Crippen LogP contribution in [0.3, 0.4) is 0 Å². The second kappa shape index (κ2) is 10.0. The van der Waals surface area contributed by atoms with Crippen molar-refractivity contribution in [2.24, 2.45) is 0 Å². The average Bonchev–Trinajstić information content (AvgIpc) is 2.56. The van der Waals surface area contributed by atoms with Gasteiger partial charge in [-0.25, -0.2) is 4.39 Å². The molecule has 0 saturated carbocycles. The van der Waals surface area contributed by atoms with Crippen LogP contribution in [0, 0.1) is 12.7 Å². The quantitative estimate of drug-likeness (QED) is 0.450. The second-order valence-electron chi connectivity index (χ2n) is 5.34. The summed E-state index contributed by atoms with van der Waals surface area (Å²) < 4.78 is 14.6. The van der Waals surface area contributed by atoms with Gasteiger partial charge in [-0.2, -0.15) is 11.8 Å². The number of thioether (sulfide) groups is 1. The Morgan fingerprint density at radius 2 is 2.04 bits per heavy atom. The number of nitrogens with one attached hydrogen (secondary N) is 2. The van der Waals surface area contributed by atoms with Gasteiger partial charge in [0.1, 0.15) is 5.82 Å². The first kappa shape index (κ1) is 19.2. The van der Waals surface area contributed by atoms with Crippen molar-refractivity contribution in [1.82, 2.24) is 5.32 Å². The summed E-state index contributed by atoms with van der Waals surface area (Å²) in [6, 6.07) is 12.9. The SMILES string of the molecule is Cc1cc(NC(=S)NCCCSCc2ccccc2F)ccc1Br. The molecule has 2 aromatic carbocycles. The van der Waals surface area contributed by atoms with E-state index in [9.17, 15) is 4.39 Å². The van der Waals surface area contributed by atoms with Crippen molar-refractivity contribution in [1.29, 1.82) is 0 Å². The highest BCUT2D eigenvalue weighted by atomic mass is 79.9. The Morgan fingerprint density at radius 3 is 2.79 bits per heavy atom. The number of aryl methyl sites for hydroxylation is 1. The smallest absolute Gasteiger partial charge is 0.170 e. The molecular formula is C18H20BrFN2S2. The Balaban J connectivity index is 1.61. The molecule has 0 aliphatic heterocycles. The maximum absolute atomic E-state index is 13.5. The molecule has 2 aromatic rings. The summed E-state index contributed by atoms with van der Waals surface area (Å²) in [4.78, 5) is 0. The summed E-state index contributed by atoms with van der Waals surface area (Å²) in [7, 11) is 0. The van der Waals surface area contributed by atoms with Gasteiger partial charge in [-0.1, -0.05) is 34.1 Å². The molecule has 0 aliphatic rings. The van der Waals surface area contributed by atoms with Crippen molar-refractivity contribution < 1.29 is 4.39 Å². The second-order valence-corrected chi connectivity index (χ2v) is 7.71. The van der Waals surface area contributed by atoms with Crippen LogP contribution in [0.1, 0.15) is 17.5 Å². The molecule has 6 heteroatoms. The first-order chi connectivity index (χ1) is 11.6. The molecule has 0 bridgehead atoms. The normalized spacial score (nSPS) is 10.5. The van der Waals surface area contributed by atoms with Crippen LogP contribution < -0.4 is 10.6 Å². The number of hydrogen-bond donors (Lipinski definition) is 2. The Kier molecular flexibility index (Phi) is 8.02. The van der Waals surface area contributed by atoms with Gasteiger partial charge < -0.3 is 10.6 Å². The molecule has 0 atom stereocenters. The highest BCUT2D eigenvalue weighted by Gasteiger charge is 2.02. The fraction of sp³-hybridized carbons (Fsp3) is 0.278. The lowest BCUT2D eigenvalue weighted by Gasteiger charge is -2.11. The number of hydrogen-bond acceptors (Lipinski definition) is 2. The number of thiocarbonyl (C=S) groups is 1. The van der Waals surface area contributed by atoms with Crippen molar-refractivity contribution in [3.8, 4) is 0 Å². The van der Waals surface area contributed by atoms with Crippen molar-refractivity contribution in [3.63, 3.8) is 0 Å². The van der Waals surface area contributed by atoms with Gasteiger partial charge in [-0.3, -0.25) is 0 Å². The Bertz CT molecular complexity index is 694. The van der Waals surface area contributed by atoms with E-state index in [1.807, 2.05) is 37.3 Å². The molecule has 2 nitrogen and oxygen atoms in total. The molecule has 0 heterocycles. The monoisotopic (exact) mass is 426 g/mol. The number of halogens is 2. The fourth-order valence-electron chi connectivity index (χ4n) is 2.07. The minimum Gasteiger partial charge on any atom is -0.362 e. The van der Waals surface area contributed by atoms with Gasteiger partial charge in [0.05, 0.1) is 0 Å². The molecule has 0 fully saturated rings. The first-order valence-corrected chi connectivity index (χ1v) is 10.0. The van der Waals surface area contributed by atoms with E-state index in [1.54, 1.807) is 17.8 Å². The lowest BCUT2D eigenvalue weighted by atomic mass is 10.2. The van der Waals surface area contributed by atoms with Gasteiger partial charge in [0.25, 0.3) is 0 Å². The zero-order valence-electron chi connectivity index (χ0n) is 13.4. The third-order valence-corrected chi connectivity index (χ3v) is 5.61. The maximum Gasteiger partial charge on any atom is 0.170 e. The molecule has 0 saturated heterocycles. The van der Waals surface area contributed by atoms with E-state index < -0.39 is 0 Å². The number of anilines is 1. The predicted octanol–water partition coefficient (Wildman–Crippen LogP) is 5.51. The van der Waals surface area contributed by atoms with Crippen molar-refractivity contribution in [2.75, 3.05) is 17.6 Å². The molecule has 0 amide bonds. The highest BCUT2D eigenvalue weighted by Crippen LogP contribution is 2.20. The Labute approximate surface area is 160 Å². The fourth-order valence-corrected chi connectivity index (χ4v) is 3.48. The van der Waals surface area contributed by atoms with Crippen LogP contribution in [0.4, 0.5) is 10.1 Å². The maximum atomic E-state index is 13.5. The van der Waals surface area contributed by atoms with Crippen molar-refractivity contribution >= 4 is 50.7 Å². The molecule has 128 valence electrons. The van der Waals surface area contributed by atoms with E-state index in [1.165, 1.54) is 6.07 Å². The minimum absolute atomic E-state index is 0.127. The van der Waals surface area contributed by atoms with Crippen molar-refractivity contribution in [2.45, 2.75) is 19.1 Å². The third-order valence-electron chi connectivity index (χ3n) is 3.38. The topological polar surface area (TPSA) is 24.1 Å². The molecule has 2 N–H and O–H groups in total. The Hall–Kier alpha value is -1.11. The summed E-state index contributed by atoms with van der Waals surface area (Å²) in [6.45, 7) is 2.84. The standard InChI is InChI=1S/C18H20BrFN2S2/c1-13-11-15(7-8-16(13)19)22-18(23)21-9-4-10-24-12-14-5-2-3-6-17(14)20/h2-3,5-8,11H,4,9-10,12H2,1H3,(H2,21,22,23). The van der Waals surface area contributed by atoms with Gasteiger partial charge in [-0.15, -0.1) is 0 Å². The highest BCUT2D eigenvalue weighted by molar-refractivity contribution is 9.10. The largest absolute Gasteiger partial charge is 0.362 e. The van der Waals surface area contributed by atoms with Crippen LogP contribution in [0.15, 0.2) is 46.9 Å². The predicted molar refractivity (Wildman–Crippen MR) is 110 cm³/mol. The minimum atomic E-state index is -0.127. The van der Waals surface area contributed by atoms with Gasteiger partial charge >= 0.3 is 0 Å². The van der Waals surface area contributed by atoms with Gasteiger partial charge in [0.15, 0.2) is 5.11 Å². The molecule has 2 rings (SSSR count). The molecule has 0 aromatic heterocycles. The van der Waals surface area contributed by atoms with E-state index >= 15 is 0 Å². The van der Waals surface area contributed by atoms with Crippen LogP contribution in [0.2, 0.25) is 0 Å². The molecule has 0 aliphatic carbocycles. The number of rotatable bonds is 7. The van der Waals surface area contributed by atoms with Gasteiger partial charge in [0, 0.05) is 22.5 Å². The van der Waals surface area contributed by atoms with E-state index in [0.29, 0.717) is 10.9 Å². The van der Waals surface area contributed by atoms with Crippen molar-refractivity contribution in [3.05, 3.63) is 63.9 Å². The van der Waals surface area contributed by atoms with Gasteiger partial charge in [0.2, 0.25) is 0 Å². The summed E-state index contributed by atoms with van der Waals surface area (Å²) in [5.41, 5.74) is 2.90. The summed E-state index contributed by atoms with van der Waals surface area (Å²) in [6.07, 6.45) is 0.973.